The van der Waals surface area contributed by atoms with E-state index in [4.69, 9.17) is 21.1 Å². The Kier molecular flexibility index (Phi) is 7.71. The first-order valence-corrected chi connectivity index (χ1v) is 10.0. The number of ether oxygens (including phenoxy) is 2. The molecule has 1 N–H and O–H groups in total. The van der Waals surface area contributed by atoms with Gasteiger partial charge >= 0.3 is 0 Å². The zero-order valence-electron chi connectivity index (χ0n) is 16.2. The van der Waals surface area contributed by atoms with E-state index < -0.39 is 0 Å². The van der Waals surface area contributed by atoms with Crippen LogP contribution in [0.25, 0.3) is 0 Å². The van der Waals surface area contributed by atoms with Crippen LogP contribution >= 0.6 is 11.6 Å². The average Bonchev–Trinajstić information content (AvgIpc) is 2.74. The van der Waals surface area contributed by atoms with Crippen LogP contribution in [0.1, 0.15) is 23.6 Å². The van der Waals surface area contributed by atoms with Crippen LogP contribution in [0.15, 0.2) is 48.5 Å². The minimum Gasteiger partial charge on any atom is -0.497 e. The summed E-state index contributed by atoms with van der Waals surface area (Å²) in [5.74, 6) is 0.861. The number of halogens is 1. The van der Waals surface area contributed by atoms with Crippen LogP contribution in [0.3, 0.4) is 0 Å². The second-order valence-corrected chi connectivity index (χ2v) is 7.24. The number of nitrogens with one attached hydrogen (secondary N) is 1. The van der Waals surface area contributed by atoms with Crippen LogP contribution < -0.4 is 10.1 Å². The SMILES string of the molecule is COc1ccc(C(CNC(=O)CCc2ccccc2Cl)N2CCOCC2)cc1. The maximum Gasteiger partial charge on any atom is 0.220 e. The molecular weight excluding hydrogens is 376 g/mol. The Labute approximate surface area is 171 Å². The summed E-state index contributed by atoms with van der Waals surface area (Å²) in [6, 6.07) is 15.8. The topological polar surface area (TPSA) is 50.8 Å². The number of hydrogen-bond donors (Lipinski definition) is 1. The Morgan fingerprint density at radius 2 is 1.89 bits per heavy atom. The third kappa shape index (κ3) is 5.71. The van der Waals surface area contributed by atoms with Crippen LogP contribution in [0.5, 0.6) is 5.75 Å². The maximum absolute atomic E-state index is 12.4. The number of nitrogens with zero attached hydrogens (tertiary/aromatic N) is 1. The van der Waals surface area contributed by atoms with Crippen molar-refractivity contribution in [2.45, 2.75) is 18.9 Å². The van der Waals surface area contributed by atoms with Gasteiger partial charge in [0.25, 0.3) is 0 Å². The quantitative estimate of drug-likeness (QED) is 0.734. The molecule has 3 rings (SSSR count). The van der Waals surface area contributed by atoms with Crippen LogP contribution in [-0.2, 0) is 16.0 Å². The fraction of sp³-hybridized carbons (Fsp3) is 0.409. The van der Waals surface area contributed by atoms with Crippen LogP contribution in [0.4, 0.5) is 0 Å². The average molecular weight is 403 g/mol. The molecule has 1 amide bonds. The Hall–Kier alpha value is -2.08. The number of aryl methyl sites for hydroxylation is 1. The monoisotopic (exact) mass is 402 g/mol. The lowest BCUT2D eigenvalue weighted by atomic mass is 10.0. The molecule has 0 aliphatic carbocycles. The van der Waals surface area contributed by atoms with E-state index >= 15 is 0 Å². The first kappa shape index (κ1) is 20.6. The molecular formula is C22H27ClN2O3. The maximum atomic E-state index is 12.4. The van der Waals surface area contributed by atoms with Crippen molar-refractivity contribution in [3.05, 3.63) is 64.7 Å². The summed E-state index contributed by atoms with van der Waals surface area (Å²) in [5.41, 5.74) is 2.16. The molecule has 1 heterocycles. The lowest BCUT2D eigenvalue weighted by Gasteiger charge is -2.35. The highest BCUT2D eigenvalue weighted by Crippen LogP contribution is 2.24. The van der Waals surface area contributed by atoms with Crippen molar-refractivity contribution in [2.24, 2.45) is 0 Å². The summed E-state index contributed by atoms with van der Waals surface area (Å²) in [7, 11) is 1.66. The normalized spacial score (nSPS) is 15.8. The molecule has 28 heavy (non-hydrogen) atoms. The number of morpholine rings is 1. The summed E-state index contributed by atoms with van der Waals surface area (Å²) in [4.78, 5) is 14.8. The molecule has 1 unspecified atom stereocenters. The Balaban J connectivity index is 1.60. The van der Waals surface area contributed by atoms with Gasteiger partial charge in [-0.05, 0) is 35.7 Å². The van der Waals surface area contributed by atoms with Crippen LogP contribution in [0, 0.1) is 0 Å². The van der Waals surface area contributed by atoms with E-state index in [-0.39, 0.29) is 11.9 Å². The van der Waals surface area contributed by atoms with E-state index in [2.05, 4.69) is 22.3 Å². The van der Waals surface area contributed by atoms with Crippen molar-refractivity contribution >= 4 is 17.5 Å². The number of amides is 1. The summed E-state index contributed by atoms with van der Waals surface area (Å²) in [6.07, 6.45) is 1.05. The molecule has 1 fully saturated rings. The second kappa shape index (κ2) is 10.5. The van der Waals surface area contributed by atoms with Gasteiger partial charge in [0.2, 0.25) is 5.91 Å². The van der Waals surface area contributed by atoms with Crippen molar-refractivity contribution < 1.29 is 14.3 Å². The van der Waals surface area contributed by atoms with Crippen molar-refractivity contribution in [3.8, 4) is 5.75 Å². The highest BCUT2D eigenvalue weighted by atomic mass is 35.5. The molecule has 0 bridgehead atoms. The fourth-order valence-electron chi connectivity index (χ4n) is 3.42. The number of benzene rings is 2. The van der Waals surface area contributed by atoms with E-state index in [1.165, 1.54) is 0 Å². The van der Waals surface area contributed by atoms with Crippen LogP contribution in [0.2, 0.25) is 5.02 Å². The number of hydrogen-bond acceptors (Lipinski definition) is 4. The van der Waals surface area contributed by atoms with Gasteiger partial charge in [0, 0.05) is 31.1 Å². The van der Waals surface area contributed by atoms with Crippen LogP contribution in [-0.4, -0.2) is 50.8 Å². The van der Waals surface area contributed by atoms with Crippen molar-refractivity contribution in [1.82, 2.24) is 10.2 Å². The van der Waals surface area contributed by atoms with Crippen molar-refractivity contribution in [1.29, 1.82) is 0 Å². The molecule has 1 saturated heterocycles. The smallest absolute Gasteiger partial charge is 0.220 e. The summed E-state index contributed by atoms with van der Waals surface area (Å²) >= 11 is 6.18. The van der Waals surface area contributed by atoms with E-state index in [1.54, 1.807) is 7.11 Å². The van der Waals surface area contributed by atoms with Gasteiger partial charge in [-0.3, -0.25) is 9.69 Å². The number of carbonyl (C=O) groups excluding carboxylic acids is 1. The first-order valence-electron chi connectivity index (χ1n) is 9.63. The Bertz CT molecular complexity index is 761. The molecule has 2 aromatic carbocycles. The highest BCUT2D eigenvalue weighted by molar-refractivity contribution is 6.31. The van der Waals surface area contributed by atoms with Gasteiger partial charge in [-0.15, -0.1) is 0 Å². The number of methoxy groups -OCH3 is 1. The zero-order valence-corrected chi connectivity index (χ0v) is 17.0. The Morgan fingerprint density at radius 3 is 2.57 bits per heavy atom. The van der Waals surface area contributed by atoms with Crippen molar-refractivity contribution in [3.63, 3.8) is 0 Å². The van der Waals surface area contributed by atoms with Gasteiger partial charge in [-0.2, -0.15) is 0 Å². The second-order valence-electron chi connectivity index (χ2n) is 6.83. The van der Waals surface area contributed by atoms with Gasteiger partial charge in [0.1, 0.15) is 5.75 Å². The lowest BCUT2D eigenvalue weighted by molar-refractivity contribution is -0.121. The summed E-state index contributed by atoms with van der Waals surface area (Å²) < 4.78 is 10.7. The van der Waals surface area contributed by atoms with Gasteiger partial charge in [0.05, 0.1) is 26.4 Å². The molecule has 1 aliphatic heterocycles. The predicted octanol–water partition coefficient (Wildman–Crippen LogP) is 3.47. The standard InChI is InChI=1S/C22H27ClN2O3/c1-27-19-9-6-18(7-10-19)21(25-12-14-28-15-13-25)16-24-22(26)11-8-17-4-2-3-5-20(17)23/h2-7,9-10,21H,8,11-16H2,1H3,(H,24,26). The summed E-state index contributed by atoms with van der Waals surface area (Å²) in [6.45, 7) is 3.70. The van der Waals surface area contributed by atoms with Gasteiger partial charge in [-0.1, -0.05) is 41.9 Å². The molecule has 0 radical (unpaired) electrons. The molecule has 0 saturated carbocycles. The largest absolute Gasteiger partial charge is 0.497 e. The molecule has 150 valence electrons. The molecule has 1 aliphatic rings. The third-order valence-electron chi connectivity index (χ3n) is 5.06. The minimum atomic E-state index is 0.0340. The van der Waals surface area contributed by atoms with Gasteiger partial charge < -0.3 is 14.8 Å². The zero-order chi connectivity index (χ0) is 19.8. The molecule has 5 nitrogen and oxygen atoms in total. The third-order valence-corrected chi connectivity index (χ3v) is 5.43. The van der Waals surface area contributed by atoms with Gasteiger partial charge in [0.15, 0.2) is 0 Å². The highest BCUT2D eigenvalue weighted by Gasteiger charge is 2.23. The fourth-order valence-corrected chi connectivity index (χ4v) is 3.65. The van der Waals surface area contributed by atoms with Crippen molar-refractivity contribution in [2.75, 3.05) is 40.0 Å². The molecule has 0 spiro atoms. The van der Waals surface area contributed by atoms with E-state index in [0.29, 0.717) is 37.6 Å². The molecule has 2 aromatic rings. The number of carbonyl (C=O) groups is 1. The lowest BCUT2D eigenvalue weighted by Crippen LogP contribution is -2.43. The van der Waals surface area contributed by atoms with E-state index in [1.807, 2.05) is 36.4 Å². The van der Waals surface area contributed by atoms with E-state index in [0.717, 1.165) is 30.0 Å². The molecule has 0 aromatic heterocycles. The van der Waals surface area contributed by atoms with Gasteiger partial charge in [-0.25, -0.2) is 0 Å². The Morgan fingerprint density at radius 1 is 1.18 bits per heavy atom. The predicted molar refractivity (Wildman–Crippen MR) is 111 cm³/mol. The van der Waals surface area contributed by atoms with E-state index in [9.17, 15) is 4.79 Å². The minimum absolute atomic E-state index is 0.0340. The summed E-state index contributed by atoms with van der Waals surface area (Å²) in [5, 5.41) is 3.81. The molecule has 1 atom stereocenters. The number of rotatable bonds is 8. The molecule has 6 heteroatoms. The first-order chi connectivity index (χ1) is 13.7.